The normalized spacial score (nSPS) is 10.8. The quantitative estimate of drug-likeness (QED) is 0.785. The molecule has 7 nitrogen and oxygen atoms in total. The van der Waals surface area contributed by atoms with Gasteiger partial charge in [0.2, 0.25) is 0 Å². The van der Waals surface area contributed by atoms with Crippen LogP contribution < -0.4 is 0 Å². The van der Waals surface area contributed by atoms with Gasteiger partial charge in [0, 0.05) is 13.3 Å². The lowest BCUT2D eigenvalue weighted by Gasteiger charge is -1.98. The lowest BCUT2D eigenvalue weighted by atomic mass is 10.3. The van der Waals surface area contributed by atoms with E-state index in [1.807, 2.05) is 0 Å². The van der Waals surface area contributed by atoms with E-state index in [-0.39, 0.29) is 23.0 Å². The molecule has 0 saturated carbocycles. The first kappa shape index (κ1) is 10.7. The van der Waals surface area contributed by atoms with Crippen LogP contribution in [0, 0.1) is 0 Å². The van der Waals surface area contributed by atoms with Gasteiger partial charge in [-0.3, -0.25) is 0 Å². The van der Waals surface area contributed by atoms with Gasteiger partial charge >= 0.3 is 5.97 Å². The topological polar surface area (TPSA) is 89.6 Å². The second kappa shape index (κ2) is 3.99. The average Bonchev–Trinajstić information content (AvgIpc) is 2.62. The summed E-state index contributed by atoms with van der Waals surface area (Å²) in [5.74, 6) is -0.464. The monoisotopic (exact) mass is 239 g/mol. The third kappa shape index (κ3) is 1.68. The van der Waals surface area contributed by atoms with Crippen LogP contribution in [0.3, 0.4) is 0 Å². The first-order valence-electron chi connectivity index (χ1n) is 4.27. The Morgan fingerprint density at radius 2 is 2.44 bits per heavy atom. The molecule has 1 radical (unpaired) electrons. The van der Waals surface area contributed by atoms with Crippen LogP contribution in [-0.4, -0.2) is 37.8 Å². The van der Waals surface area contributed by atoms with Crippen molar-refractivity contribution in [1.82, 2.24) is 19.6 Å². The molecule has 0 unspecified atom stereocenters. The van der Waals surface area contributed by atoms with Crippen LogP contribution in [0.4, 0.5) is 0 Å². The van der Waals surface area contributed by atoms with Crippen LogP contribution >= 0.6 is 12.6 Å². The van der Waals surface area contributed by atoms with Crippen molar-refractivity contribution in [2.45, 2.75) is 11.6 Å². The number of methoxy groups -OCH3 is 1. The van der Waals surface area contributed by atoms with Crippen LogP contribution in [0.15, 0.2) is 11.2 Å². The Morgan fingerprint density at radius 1 is 1.69 bits per heavy atom. The van der Waals surface area contributed by atoms with Gasteiger partial charge in [0.1, 0.15) is 17.2 Å². The maximum absolute atomic E-state index is 10.8. The standard InChI is InChI=1S/C8H7N4O3S/c1-15-3-5-10-8-9-2-4(7(13)14)6(16)12(8)11-5/h2H,3H2,1H3,(H,13,14). The summed E-state index contributed by atoms with van der Waals surface area (Å²) >= 11 is 4.97. The van der Waals surface area contributed by atoms with E-state index in [0.717, 1.165) is 0 Å². The largest absolute Gasteiger partial charge is 0.478 e. The summed E-state index contributed by atoms with van der Waals surface area (Å²) in [6, 6.07) is 0. The number of rotatable bonds is 3. The molecule has 0 aromatic carbocycles. The van der Waals surface area contributed by atoms with E-state index >= 15 is 0 Å². The zero-order valence-corrected chi connectivity index (χ0v) is 9.06. The molecule has 2 heterocycles. The minimum atomic E-state index is -1.14. The van der Waals surface area contributed by atoms with Crippen LogP contribution in [0.5, 0.6) is 0 Å². The molecule has 1 N–H and O–H groups in total. The van der Waals surface area contributed by atoms with Crippen molar-refractivity contribution in [3.05, 3.63) is 17.6 Å². The minimum Gasteiger partial charge on any atom is -0.478 e. The van der Waals surface area contributed by atoms with Crippen LogP contribution in [0.25, 0.3) is 5.78 Å². The molecule has 83 valence electrons. The summed E-state index contributed by atoms with van der Waals surface area (Å²) in [5.41, 5.74) is -0.0728. The van der Waals surface area contributed by atoms with Gasteiger partial charge in [-0.15, -0.1) is 5.10 Å². The summed E-state index contributed by atoms with van der Waals surface area (Å²) < 4.78 is 6.07. The Labute approximate surface area is 95.5 Å². The molecule has 0 spiro atoms. The highest BCUT2D eigenvalue weighted by atomic mass is 32.1. The Bertz CT molecular complexity index is 553. The van der Waals surface area contributed by atoms with E-state index in [1.54, 1.807) is 0 Å². The fourth-order valence-electron chi connectivity index (χ4n) is 1.19. The zero-order chi connectivity index (χ0) is 11.7. The fraction of sp³-hybridized carbons (Fsp3) is 0.250. The van der Waals surface area contributed by atoms with E-state index in [1.165, 1.54) is 17.8 Å². The number of fused-ring (bicyclic) bond motifs is 1. The summed E-state index contributed by atoms with van der Waals surface area (Å²) in [4.78, 5) is 18.7. The molecular weight excluding hydrogens is 232 g/mol. The smallest absolute Gasteiger partial charge is 0.340 e. The second-order valence-electron chi connectivity index (χ2n) is 2.96. The number of aromatic nitrogens is 4. The van der Waals surface area contributed by atoms with Crippen LogP contribution in [0.1, 0.15) is 16.2 Å². The third-order valence-corrected chi connectivity index (χ3v) is 2.26. The molecule has 2 aromatic rings. The van der Waals surface area contributed by atoms with E-state index in [4.69, 9.17) is 22.5 Å². The fourth-order valence-corrected chi connectivity index (χ4v) is 1.46. The molecule has 0 bridgehead atoms. The predicted molar refractivity (Wildman–Crippen MR) is 54.3 cm³/mol. The van der Waals surface area contributed by atoms with Crippen molar-refractivity contribution < 1.29 is 14.6 Å². The summed E-state index contributed by atoms with van der Waals surface area (Å²) in [7, 11) is 1.51. The molecule has 0 aliphatic heterocycles. The van der Waals surface area contributed by atoms with Gasteiger partial charge in [0.05, 0.1) is 0 Å². The van der Waals surface area contributed by atoms with Gasteiger partial charge in [-0.2, -0.15) is 9.50 Å². The van der Waals surface area contributed by atoms with Crippen LogP contribution in [0.2, 0.25) is 0 Å². The molecule has 0 amide bonds. The van der Waals surface area contributed by atoms with Crippen molar-refractivity contribution in [3.63, 3.8) is 0 Å². The Morgan fingerprint density at radius 3 is 3.06 bits per heavy atom. The van der Waals surface area contributed by atoms with E-state index in [2.05, 4.69) is 15.1 Å². The highest BCUT2D eigenvalue weighted by Crippen LogP contribution is 2.13. The number of carboxylic acids is 1. The van der Waals surface area contributed by atoms with E-state index in [0.29, 0.717) is 5.82 Å². The van der Waals surface area contributed by atoms with Crippen molar-refractivity contribution in [2.75, 3.05) is 7.11 Å². The molecule has 0 aliphatic rings. The van der Waals surface area contributed by atoms with Crippen molar-refractivity contribution in [1.29, 1.82) is 0 Å². The van der Waals surface area contributed by atoms with Crippen molar-refractivity contribution in [3.8, 4) is 0 Å². The van der Waals surface area contributed by atoms with Gasteiger partial charge in [-0.25, -0.2) is 9.78 Å². The number of hydrogen-bond donors (Lipinski definition) is 1. The summed E-state index contributed by atoms with van der Waals surface area (Å²) in [6.07, 6.45) is 1.17. The Hall–Kier alpha value is -1.80. The summed E-state index contributed by atoms with van der Waals surface area (Å²) in [6.45, 7) is 0.223. The molecule has 2 rings (SSSR count). The number of nitrogens with zero attached hydrogens (tertiary/aromatic N) is 4. The Balaban J connectivity index is 2.60. The molecular formula is C8H7N4O3S. The molecule has 0 aliphatic carbocycles. The van der Waals surface area contributed by atoms with Gasteiger partial charge < -0.3 is 9.84 Å². The maximum Gasteiger partial charge on any atom is 0.340 e. The molecule has 2 aromatic heterocycles. The molecule has 8 heteroatoms. The summed E-state index contributed by atoms with van der Waals surface area (Å²) in [5, 5.41) is 12.9. The number of aromatic carboxylic acids is 1. The Kier molecular flexibility index (Phi) is 2.67. The van der Waals surface area contributed by atoms with E-state index < -0.39 is 5.97 Å². The minimum absolute atomic E-state index is 0.0728. The molecule has 16 heavy (non-hydrogen) atoms. The van der Waals surface area contributed by atoms with Crippen molar-refractivity contribution >= 4 is 24.4 Å². The van der Waals surface area contributed by atoms with Gasteiger partial charge in [-0.1, -0.05) is 12.6 Å². The van der Waals surface area contributed by atoms with E-state index in [9.17, 15) is 4.79 Å². The number of carbonyl (C=O) groups is 1. The van der Waals surface area contributed by atoms with Crippen LogP contribution in [-0.2, 0) is 11.3 Å². The maximum atomic E-state index is 10.8. The first-order chi connectivity index (χ1) is 7.63. The lowest BCUT2D eigenvalue weighted by molar-refractivity contribution is 0.0691. The van der Waals surface area contributed by atoms with Gasteiger partial charge in [0.25, 0.3) is 5.78 Å². The van der Waals surface area contributed by atoms with Crippen molar-refractivity contribution in [2.24, 2.45) is 0 Å². The zero-order valence-electron chi connectivity index (χ0n) is 8.25. The number of carboxylic acid groups (broad SMARTS) is 1. The molecule has 0 atom stereocenters. The molecule has 0 fully saturated rings. The number of hydrogen-bond acceptors (Lipinski definition) is 5. The van der Waals surface area contributed by atoms with Gasteiger partial charge in [-0.05, 0) is 0 Å². The predicted octanol–water partition coefficient (Wildman–Crippen LogP) is 0.525. The average molecular weight is 239 g/mol. The van der Waals surface area contributed by atoms with Gasteiger partial charge in [0.15, 0.2) is 5.82 Å². The highest BCUT2D eigenvalue weighted by Gasteiger charge is 2.15. The highest BCUT2D eigenvalue weighted by molar-refractivity contribution is 7.80. The first-order valence-corrected chi connectivity index (χ1v) is 4.68. The third-order valence-electron chi connectivity index (χ3n) is 1.87. The molecule has 0 saturated heterocycles. The SMILES string of the molecule is COCc1nc2ncc(C(=O)O)c([S])n2n1. The second-order valence-corrected chi connectivity index (χ2v) is 3.34. The number of ether oxygens (including phenoxy) is 1. The lowest BCUT2D eigenvalue weighted by Crippen LogP contribution is -2.05.